The van der Waals surface area contributed by atoms with Gasteiger partial charge in [-0.3, -0.25) is 4.98 Å². The molecular weight excluding hydrogens is 567 g/mol. The van der Waals surface area contributed by atoms with Crippen LogP contribution in [-0.4, -0.2) is 15.0 Å². The van der Waals surface area contributed by atoms with E-state index in [1.165, 1.54) is 23.4 Å². The van der Waals surface area contributed by atoms with Gasteiger partial charge in [-0.25, -0.2) is 4.98 Å². The zero-order chi connectivity index (χ0) is 24.6. The molecule has 0 aromatic carbocycles. The van der Waals surface area contributed by atoms with Gasteiger partial charge in [0.1, 0.15) is 29.4 Å². The van der Waals surface area contributed by atoms with Crippen LogP contribution in [0.1, 0.15) is 21.7 Å². The quantitative estimate of drug-likeness (QED) is 0.146. The van der Waals surface area contributed by atoms with Crippen LogP contribution in [-0.2, 0) is 24.3 Å². The number of hydrogen-bond donors (Lipinski definition) is 3. The van der Waals surface area contributed by atoms with E-state index in [4.69, 9.17) is 20.5 Å². The van der Waals surface area contributed by atoms with Crippen molar-refractivity contribution in [2.24, 2.45) is 0 Å². The maximum atomic E-state index is 12.5. The normalized spacial score (nSPS) is 11.1. The second-order valence-electron chi connectivity index (χ2n) is 6.31. The summed E-state index contributed by atoms with van der Waals surface area (Å²) >= 11 is 18.5. The van der Waals surface area contributed by atoms with Crippen molar-refractivity contribution in [1.82, 2.24) is 15.0 Å². The largest absolute Gasteiger partial charge is 0.486 e. The van der Waals surface area contributed by atoms with Crippen LogP contribution in [0.25, 0.3) is 0 Å². The van der Waals surface area contributed by atoms with Crippen LogP contribution in [0.15, 0.2) is 52.0 Å². The standard InChI is InChI=1S/C12H9ClF3NOS2.C8H8N2OS3/c13-8-3-7(12(14,15)16)4-17-9(8)5-18-10-1-2-20-11(10)6-19;12-2-6-3-13-4-7(6)11-14-8-1-9-5-10-8/h1-4,19H,5-6H2;1,3-5,12H,2H2,(H,9,10). The lowest BCUT2D eigenvalue weighted by Gasteiger charge is -2.10. The fourth-order valence-electron chi connectivity index (χ4n) is 2.32. The fourth-order valence-corrected chi connectivity index (χ4v) is 5.32. The SMILES string of the molecule is FC(F)(F)c1cnc(COc2ccsc2CS)c(Cl)c1.SCc1cscc1OSc1cnc[nH]1. The number of thiophene rings is 2. The molecule has 0 bridgehead atoms. The molecule has 0 fully saturated rings. The molecule has 34 heavy (non-hydrogen) atoms. The number of nitrogens with one attached hydrogen (secondary N) is 1. The van der Waals surface area contributed by atoms with Crippen LogP contribution < -0.4 is 8.92 Å². The topological polar surface area (TPSA) is 60.0 Å². The summed E-state index contributed by atoms with van der Waals surface area (Å²) in [6, 6.07) is 2.62. The number of nitrogens with zero attached hydrogens (tertiary/aromatic N) is 2. The lowest BCUT2D eigenvalue weighted by atomic mass is 10.2. The third-order valence-corrected chi connectivity index (χ3v) is 7.56. The van der Waals surface area contributed by atoms with E-state index in [-0.39, 0.29) is 17.3 Å². The highest BCUT2D eigenvalue weighted by molar-refractivity contribution is 7.95. The number of hydrogen-bond acceptors (Lipinski definition) is 9. The Morgan fingerprint density at radius 2 is 1.97 bits per heavy atom. The molecule has 1 N–H and O–H groups in total. The zero-order valence-corrected chi connectivity index (χ0v) is 22.1. The predicted octanol–water partition coefficient (Wildman–Crippen LogP) is 7.81. The second kappa shape index (κ2) is 13.0. The van der Waals surface area contributed by atoms with Gasteiger partial charge in [0.2, 0.25) is 0 Å². The van der Waals surface area contributed by atoms with Crippen LogP contribution >= 0.6 is 71.6 Å². The van der Waals surface area contributed by atoms with Crippen molar-refractivity contribution in [3.05, 3.63) is 73.7 Å². The minimum atomic E-state index is -4.46. The molecular formula is C20H17ClF3N3O2S5. The van der Waals surface area contributed by atoms with Crippen molar-refractivity contribution in [3.8, 4) is 11.5 Å². The van der Waals surface area contributed by atoms with Crippen LogP contribution in [0.5, 0.6) is 11.5 Å². The van der Waals surface area contributed by atoms with E-state index in [1.54, 1.807) is 29.9 Å². The molecule has 0 spiro atoms. The minimum absolute atomic E-state index is 0.00841. The summed E-state index contributed by atoms with van der Waals surface area (Å²) in [4.78, 5) is 11.5. The molecule has 0 saturated carbocycles. The van der Waals surface area contributed by atoms with E-state index < -0.39 is 11.7 Å². The number of aromatic nitrogens is 3. The monoisotopic (exact) mass is 583 g/mol. The molecule has 0 amide bonds. The number of H-pyrrole nitrogens is 1. The number of rotatable bonds is 8. The smallest absolute Gasteiger partial charge is 0.417 e. The Bertz CT molecular complexity index is 1170. The van der Waals surface area contributed by atoms with E-state index in [0.29, 0.717) is 17.3 Å². The molecule has 4 aromatic heterocycles. The predicted molar refractivity (Wildman–Crippen MR) is 138 cm³/mol. The first-order valence-electron chi connectivity index (χ1n) is 9.32. The van der Waals surface area contributed by atoms with Gasteiger partial charge in [0.05, 0.1) is 33.7 Å². The number of ether oxygens (including phenoxy) is 1. The first kappa shape index (κ1) is 27.1. The van der Waals surface area contributed by atoms with Gasteiger partial charge in [0, 0.05) is 28.6 Å². The Morgan fingerprint density at radius 3 is 2.62 bits per heavy atom. The molecule has 0 aliphatic carbocycles. The summed E-state index contributed by atoms with van der Waals surface area (Å²) in [7, 11) is 0. The summed E-state index contributed by atoms with van der Waals surface area (Å²) in [6.07, 6.45) is -0.365. The molecule has 0 aliphatic rings. The molecule has 5 nitrogen and oxygen atoms in total. The van der Waals surface area contributed by atoms with Gasteiger partial charge in [0.15, 0.2) is 5.75 Å². The highest BCUT2D eigenvalue weighted by atomic mass is 35.5. The van der Waals surface area contributed by atoms with Crippen LogP contribution in [0, 0.1) is 0 Å². The molecule has 0 aliphatic heterocycles. The van der Waals surface area contributed by atoms with Gasteiger partial charge in [-0.2, -0.15) is 38.4 Å². The van der Waals surface area contributed by atoms with Crippen molar-refractivity contribution in [3.63, 3.8) is 0 Å². The highest BCUT2D eigenvalue weighted by Crippen LogP contribution is 2.32. The highest BCUT2D eigenvalue weighted by Gasteiger charge is 2.31. The van der Waals surface area contributed by atoms with Gasteiger partial charge >= 0.3 is 6.18 Å². The lowest BCUT2D eigenvalue weighted by molar-refractivity contribution is -0.137. The van der Waals surface area contributed by atoms with Crippen molar-refractivity contribution >= 4 is 71.6 Å². The second-order valence-corrected chi connectivity index (χ2v) is 9.86. The molecule has 4 heterocycles. The van der Waals surface area contributed by atoms with Gasteiger partial charge in [-0.05, 0) is 22.9 Å². The minimum Gasteiger partial charge on any atom is -0.486 e. The van der Waals surface area contributed by atoms with Crippen LogP contribution in [0.3, 0.4) is 0 Å². The van der Waals surface area contributed by atoms with E-state index in [0.717, 1.165) is 33.5 Å². The maximum Gasteiger partial charge on any atom is 0.417 e. The number of pyridine rings is 1. The Kier molecular flexibility index (Phi) is 10.3. The summed E-state index contributed by atoms with van der Waals surface area (Å²) in [5.74, 6) is 2.75. The molecule has 182 valence electrons. The van der Waals surface area contributed by atoms with Crippen molar-refractivity contribution < 1.29 is 22.1 Å². The number of aromatic amines is 1. The van der Waals surface area contributed by atoms with E-state index >= 15 is 0 Å². The first-order valence-corrected chi connectivity index (χ1v) is 13.5. The Morgan fingerprint density at radius 1 is 1.15 bits per heavy atom. The van der Waals surface area contributed by atoms with E-state index in [1.807, 2.05) is 16.1 Å². The van der Waals surface area contributed by atoms with Crippen molar-refractivity contribution in [2.45, 2.75) is 29.3 Å². The number of alkyl halides is 3. The summed E-state index contributed by atoms with van der Waals surface area (Å²) in [5.41, 5.74) is 0.499. The van der Waals surface area contributed by atoms with Gasteiger partial charge < -0.3 is 13.9 Å². The zero-order valence-electron chi connectivity index (χ0n) is 17.1. The fraction of sp³-hybridized carbons (Fsp3) is 0.200. The van der Waals surface area contributed by atoms with Crippen LogP contribution in [0.4, 0.5) is 13.2 Å². The number of thiol groups is 2. The average molecular weight is 584 g/mol. The first-order chi connectivity index (χ1) is 16.3. The molecule has 0 saturated heterocycles. The third-order valence-electron chi connectivity index (χ3n) is 4.02. The summed E-state index contributed by atoms with van der Waals surface area (Å²) in [6.45, 7) is 0.00841. The maximum absolute atomic E-state index is 12.5. The summed E-state index contributed by atoms with van der Waals surface area (Å²) in [5, 5.41) is 6.68. The molecule has 4 aromatic rings. The summed E-state index contributed by atoms with van der Waals surface area (Å²) < 4.78 is 48.4. The molecule has 4 rings (SSSR count). The van der Waals surface area contributed by atoms with Gasteiger partial charge in [0.25, 0.3) is 0 Å². The van der Waals surface area contributed by atoms with Crippen LogP contribution in [0.2, 0.25) is 5.02 Å². The van der Waals surface area contributed by atoms with Gasteiger partial charge in [-0.1, -0.05) is 11.6 Å². The Labute approximate surface area is 222 Å². The Balaban J connectivity index is 0.000000202. The lowest BCUT2D eigenvalue weighted by Crippen LogP contribution is -2.07. The van der Waals surface area contributed by atoms with Gasteiger partial charge in [-0.15, -0.1) is 22.7 Å². The molecule has 0 atom stereocenters. The number of imidazole rings is 1. The molecule has 0 radical (unpaired) electrons. The third kappa shape index (κ3) is 7.75. The average Bonchev–Trinajstić information content (AvgIpc) is 3.58. The number of halogens is 4. The molecule has 14 heteroatoms. The van der Waals surface area contributed by atoms with Crippen molar-refractivity contribution in [1.29, 1.82) is 0 Å². The van der Waals surface area contributed by atoms with E-state index in [9.17, 15) is 13.2 Å². The molecule has 0 unspecified atom stereocenters. The Hall–Kier alpha value is -1.51. The van der Waals surface area contributed by atoms with E-state index in [2.05, 4.69) is 40.2 Å². The van der Waals surface area contributed by atoms with Crippen molar-refractivity contribution in [2.75, 3.05) is 0 Å².